The molecule has 1 saturated carbocycles. The first kappa shape index (κ1) is 11.6. The molecule has 0 spiro atoms. The zero-order valence-electron chi connectivity index (χ0n) is 9.00. The first-order chi connectivity index (χ1) is 7.35. The Balaban J connectivity index is 2.40. The molecule has 1 N–H and O–H groups in total. The van der Waals surface area contributed by atoms with Gasteiger partial charge in [-0.3, -0.25) is 4.79 Å². The number of benzene rings is 1. The molecular weight excluding hydrogens is 275 g/mol. The summed E-state index contributed by atoms with van der Waals surface area (Å²) >= 11 is 3.34. The summed E-state index contributed by atoms with van der Waals surface area (Å²) in [4.78, 5) is 11.0. The number of carboxylic acids is 1. The molecule has 0 aromatic heterocycles. The van der Waals surface area contributed by atoms with Gasteiger partial charge in [0.1, 0.15) is 5.82 Å². The van der Waals surface area contributed by atoms with E-state index in [1.165, 1.54) is 12.1 Å². The van der Waals surface area contributed by atoms with Crippen LogP contribution in [0.4, 0.5) is 4.39 Å². The molecule has 0 unspecified atom stereocenters. The zero-order valence-corrected chi connectivity index (χ0v) is 10.6. The van der Waals surface area contributed by atoms with Crippen molar-refractivity contribution in [3.8, 4) is 0 Å². The Kier molecular flexibility index (Phi) is 2.57. The van der Waals surface area contributed by atoms with Crippen LogP contribution in [0.2, 0.25) is 0 Å². The third-order valence-corrected chi connectivity index (χ3v) is 4.11. The summed E-state index contributed by atoms with van der Waals surface area (Å²) < 4.78 is 13.9. The molecule has 2 nitrogen and oxygen atoms in total. The molecule has 1 aliphatic carbocycles. The first-order valence-electron chi connectivity index (χ1n) is 5.03. The van der Waals surface area contributed by atoms with Crippen molar-refractivity contribution in [2.75, 3.05) is 0 Å². The van der Waals surface area contributed by atoms with Crippen molar-refractivity contribution < 1.29 is 14.3 Å². The summed E-state index contributed by atoms with van der Waals surface area (Å²) in [5.74, 6) is -1.68. The van der Waals surface area contributed by atoms with Gasteiger partial charge in [-0.05, 0) is 29.2 Å². The van der Waals surface area contributed by atoms with Gasteiger partial charge in [0.15, 0.2) is 0 Å². The second-order valence-corrected chi connectivity index (χ2v) is 5.64. The quantitative estimate of drug-likeness (QED) is 0.905. The van der Waals surface area contributed by atoms with Crippen molar-refractivity contribution in [1.82, 2.24) is 0 Å². The molecule has 0 radical (unpaired) electrons. The van der Waals surface area contributed by atoms with Crippen LogP contribution < -0.4 is 0 Å². The van der Waals surface area contributed by atoms with E-state index in [-0.39, 0.29) is 17.2 Å². The van der Waals surface area contributed by atoms with Crippen molar-refractivity contribution in [2.24, 2.45) is 11.3 Å². The monoisotopic (exact) mass is 286 g/mol. The van der Waals surface area contributed by atoms with Gasteiger partial charge in [0.05, 0.1) is 5.92 Å². The molecule has 86 valence electrons. The third kappa shape index (κ3) is 1.65. The summed E-state index contributed by atoms with van der Waals surface area (Å²) in [6, 6.07) is 4.40. The Morgan fingerprint density at radius 1 is 1.50 bits per heavy atom. The standard InChI is InChI=1S/C12H12BrFO2/c1-12(2)9(10(12)11(15)16)7-5-6(14)3-4-8(7)13/h3-5,9-10H,1-2H3,(H,15,16)/t9-,10+/m1/s1. The van der Waals surface area contributed by atoms with Gasteiger partial charge in [-0.2, -0.15) is 0 Å². The molecule has 1 aromatic carbocycles. The Morgan fingerprint density at radius 2 is 2.12 bits per heavy atom. The van der Waals surface area contributed by atoms with Crippen LogP contribution in [0.5, 0.6) is 0 Å². The summed E-state index contributed by atoms with van der Waals surface area (Å²) in [5, 5.41) is 9.07. The van der Waals surface area contributed by atoms with Crippen LogP contribution >= 0.6 is 15.9 Å². The van der Waals surface area contributed by atoms with E-state index in [1.54, 1.807) is 6.07 Å². The Bertz CT molecular complexity index is 456. The topological polar surface area (TPSA) is 37.3 Å². The molecule has 1 aromatic rings. The lowest BCUT2D eigenvalue weighted by Crippen LogP contribution is -2.03. The maximum Gasteiger partial charge on any atom is 0.307 e. The summed E-state index contributed by atoms with van der Waals surface area (Å²) in [6.45, 7) is 3.79. The van der Waals surface area contributed by atoms with Crippen LogP contribution in [0.3, 0.4) is 0 Å². The first-order valence-corrected chi connectivity index (χ1v) is 5.82. The third-order valence-electron chi connectivity index (χ3n) is 3.39. The molecule has 0 aliphatic heterocycles. The molecule has 2 atom stereocenters. The summed E-state index contributed by atoms with van der Waals surface area (Å²) in [6.07, 6.45) is 0. The molecule has 0 bridgehead atoms. The van der Waals surface area contributed by atoms with Gasteiger partial charge in [0, 0.05) is 10.4 Å². The van der Waals surface area contributed by atoms with E-state index < -0.39 is 11.9 Å². The van der Waals surface area contributed by atoms with Gasteiger partial charge in [-0.1, -0.05) is 29.8 Å². The number of hydrogen-bond acceptors (Lipinski definition) is 1. The minimum absolute atomic E-state index is 0.116. The second kappa shape index (κ2) is 3.55. The average Bonchev–Trinajstić information content (AvgIpc) is 2.73. The Hall–Kier alpha value is -0.900. The molecule has 0 saturated heterocycles. The predicted octanol–water partition coefficient (Wildman–Crippen LogP) is 3.41. The number of aliphatic carboxylic acids is 1. The number of hydrogen-bond donors (Lipinski definition) is 1. The van der Waals surface area contributed by atoms with Gasteiger partial charge in [-0.15, -0.1) is 0 Å². The molecule has 1 fully saturated rings. The number of rotatable bonds is 2. The number of halogens is 2. The van der Waals surface area contributed by atoms with Crippen LogP contribution in [-0.2, 0) is 4.79 Å². The van der Waals surface area contributed by atoms with Crippen LogP contribution in [0.25, 0.3) is 0 Å². The molecule has 0 heterocycles. The van der Waals surface area contributed by atoms with Crippen molar-refractivity contribution >= 4 is 21.9 Å². The van der Waals surface area contributed by atoms with Crippen LogP contribution in [0, 0.1) is 17.2 Å². The highest BCUT2D eigenvalue weighted by Gasteiger charge is 2.63. The van der Waals surface area contributed by atoms with Gasteiger partial charge >= 0.3 is 5.97 Å². The van der Waals surface area contributed by atoms with Gasteiger partial charge in [0.25, 0.3) is 0 Å². The second-order valence-electron chi connectivity index (χ2n) is 4.78. The van der Waals surface area contributed by atoms with E-state index in [0.717, 1.165) is 10.0 Å². The fraction of sp³-hybridized carbons (Fsp3) is 0.417. The van der Waals surface area contributed by atoms with Crippen molar-refractivity contribution in [1.29, 1.82) is 0 Å². The average molecular weight is 287 g/mol. The van der Waals surface area contributed by atoms with E-state index in [4.69, 9.17) is 5.11 Å². The maximum atomic E-state index is 13.1. The lowest BCUT2D eigenvalue weighted by Gasteiger charge is -2.05. The van der Waals surface area contributed by atoms with E-state index in [1.807, 2.05) is 13.8 Å². The normalized spacial score (nSPS) is 26.5. The highest BCUT2D eigenvalue weighted by atomic mass is 79.9. The minimum Gasteiger partial charge on any atom is -0.481 e. The Labute approximate surface area is 102 Å². The maximum absolute atomic E-state index is 13.1. The fourth-order valence-electron chi connectivity index (χ4n) is 2.43. The molecule has 2 rings (SSSR count). The lowest BCUT2D eigenvalue weighted by molar-refractivity contribution is -0.139. The highest BCUT2D eigenvalue weighted by Crippen LogP contribution is 2.65. The molecule has 16 heavy (non-hydrogen) atoms. The molecule has 4 heteroatoms. The number of carbonyl (C=O) groups is 1. The van der Waals surface area contributed by atoms with E-state index in [9.17, 15) is 9.18 Å². The zero-order chi connectivity index (χ0) is 12.1. The lowest BCUT2D eigenvalue weighted by atomic mass is 10.0. The van der Waals surface area contributed by atoms with Crippen molar-refractivity contribution in [3.63, 3.8) is 0 Å². The smallest absolute Gasteiger partial charge is 0.307 e. The van der Waals surface area contributed by atoms with E-state index >= 15 is 0 Å². The minimum atomic E-state index is -0.814. The predicted molar refractivity (Wildman–Crippen MR) is 61.7 cm³/mol. The fourth-order valence-corrected chi connectivity index (χ4v) is 2.93. The van der Waals surface area contributed by atoms with Crippen molar-refractivity contribution in [3.05, 3.63) is 34.1 Å². The Morgan fingerprint density at radius 3 is 2.62 bits per heavy atom. The van der Waals surface area contributed by atoms with Gasteiger partial charge in [0.2, 0.25) is 0 Å². The summed E-state index contributed by atoms with van der Waals surface area (Å²) in [5.41, 5.74) is 0.444. The van der Waals surface area contributed by atoms with E-state index in [2.05, 4.69) is 15.9 Å². The van der Waals surface area contributed by atoms with Crippen LogP contribution in [0.1, 0.15) is 25.3 Å². The molecule has 0 amide bonds. The summed E-state index contributed by atoms with van der Waals surface area (Å²) in [7, 11) is 0. The van der Waals surface area contributed by atoms with Crippen molar-refractivity contribution in [2.45, 2.75) is 19.8 Å². The van der Waals surface area contributed by atoms with Gasteiger partial charge in [-0.25, -0.2) is 4.39 Å². The number of carboxylic acid groups (broad SMARTS) is 1. The largest absolute Gasteiger partial charge is 0.481 e. The van der Waals surface area contributed by atoms with E-state index in [0.29, 0.717) is 0 Å². The van der Waals surface area contributed by atoms with Gasteiger partial charge < -0.3 is 5.11 Å². The van der Waals surface area contributed by atoms with Crippen LogP contribution in [-0.4, -0.2) is 11.1 Å². The molecule has 1 aliphatic rings. The van der Waals surface area contributed by atoms with Crippen LogP contribution in [0.15, 0.2) is 22.7 Å². The molecular formula is C12H12BrFO2. The SMILES string of the molecule is CC1(C)[C@H](C(=O)O)[C@H]1c1cc(F)ccc1Br. The highest BCUT2D eigenvalue weighted by molar-refractivity contribution is 9.10.